The molecule has 1 unspecified atom stereocenters. The highest BCUT2D eigenvalue weighted by atomic mass is 16.2. The molecule has 0 saturated carbocycles. The predicted molar refractivity (Wildman–Crippen MR) is 115 cm³/mol. The number of rotatable bonds is 5. The van der Waals surface area contributed by atoms with E-state index in [4.69, 9.17) is 0 Å². The van der Waals surface area contributed by atoms with E-state index < -0.39 is 0 Å². The fourth-order valence-corrected chi connectivity index (χ4v) is 3.64. The van der Waals surface area contributed by atoms with Gasteiger partial charge in [-0.1, -0.05) is 30.3 Å². The Labute approximate surface area is 170 Å². The maximum atomic E-state index is 12.5. The topological polar surface area (TPSA) is 85.9 Å². The zero-order valence-electron chi connectivity index (χ0n) is 16.8. The fourth-order valence-electron chi connectivity index (χ4n) is 3.64. The molecule has 7 nitrogen and oxygen atoms in total. The van der Waals surface area contributed by atoms with E-state index >= 15 is 0 Å². The van der Waals surface area contributed by atoms with Crippen LogP contribution in [0.2, 0.25) is 0 Å². The number of urea groups is 1. The van der Waals surface area contributed by atoms with Crippen molar-refractivity contribution in [2.75, 3.05) is 29.9 Å². The van der Waals surface area contributed by atoms with Crippen molar-refractivity contribution in [1.29, 1.82) is 0 Å². The Morgan fingerprint density at radius 1 is 1.21 bits per heavy atom. The molecule has 1 aliphatic rings. The first-order chi connectivity index (χ1) is 14.1. The maximum Gasteiger partial charge on any atom is 0.319 e. The molecule has 1 saturated heterocycles. The number of anilines is 2. The zero-order valence-corrected chi connectivity index (χ0v) is 16.8. The second-order valence-electron chi connectivity index (χ2n) is 7.55. The molecule has 0 aliphatic carbocycles. The highest BCUT2D eigenvalue weighted by molar-refractivity contribution is 5.90. The minimum atomic E-state index is -0.186. The van der Waals surface area contributed by atoms with Crippen LogP contribution in [-0.2, 0) is 0 Å². The third kappa shape index (κ3) is 4.56. The van der Waals surface area contributed by atoms with Gasteiger partial charge in [-0.15, -0.1) is 0 Å². The van der Waals surface area contributed by atoms with Gasteiger partial charge in [0.1, 0.15) is 5.82 Å². The molecule has 0 radical (unpaired) electrons. The normalized spacial score (nSPS) is 16.1. The summed E-state index contributed by atoms with van der Waals surface area (Å²) in [6.07, 6.45) is 1.08. The van der Waals surface area contributed by atoms with Gasteiger partial charge in [-0.2, -0.15) is 5.10 Å². The van der Waals surface area contributed by atoms with Crippen LogP contribution in [0.3, 0.4) is 0 Å². The number of nitrogens with one attached hydrogen (secondary N) is 3. The fraction of sp³-hybridized carbons (Fsp3) is 0.318. The van der Waals surface area contributed by atoms with E-state index in [2.05, 4.69) is 55.0 Å². The van der Waals surface area contributed by atoms with Gasteiger partial charge in [-0.05, 0) is 49.9 Å². The molecule has 4 rings (SSSR count). The maximum absolute atomic E-state index is 12.5. The molecule has 1 atom stereocenters. The first-order valence-corrected chi connectivity index (χ1v) is 9.93. The van der Waals surface area contributed by atoms with Crippen molar-refractivity contribution >= 4 is 17.4 Å². The Morgan fingerprint density at radius 2 is 2.03 bits per heavy atom. The van der Waals surface area contributed by atoms with Gasteiger partial charge in [0.15, 0.2) is 5.82 Å². The van der Waals surface area contributed by atoms with Crippen LogP contribution in [0.5, 0.6) is 0 Å². The Hall–Kier alpha value is -3.35. The number of amides is 2. The first-order valence-electron chi connectivity index (χ1n) is 9.93. The van der Waals surface area contributed by atoms with Crippen LogP contribution >= 0.6 is 0 Å². The number of carbonyl (C=O) groups is 1. The van der Waals surface area contributed by atoms with Gasteiger partial charge in [-0.3, -0.25) is 5.10 Å². The molecule has 2 heterocycles. The largest absolute Gasteiger partial charge is 0.371 e. The summed E-state index contributed by atoms with van der Waals surface area (Å²) in [5, 5.41) is 13.0. The van der Waals surface area contributed by atoms with Gasteiger partial charge in [0.2, 0.25) is 0 Å². The van der Waals surface area contributed by atoms with E-state index in [1.54, 1.807) is 0 Å². The van der Waals surface area contributed by atoms with Crippen molar-refractivity contribution in [2.24, 2.45) is 5.92 Å². The van der Waals surface area contributed by atoms with E-state index in [0.29, 0.717) is 18.3 Å². The molecule has 2 amide bonds. The number of nitrogens with zero attached hydrogens (tertiary/aromatic N) is 3. The SMILES string of the molecule is Cc1nc(-c2ccc(C)c(NC(=O)NCC3CCN(c4ccccc4)C3)c2)n[nH]1. The van der Waals surface area contributed by atoms with E-state index in [9.17, 15) is 4.79 Å². The van der Waals surface area contributed by atoms with Crippen molar-refractivity contribution in [3.05, 3.63) is 59.9 Å². The smallest absolute Gasteiger partial charge is 0.319 e. The van der Waals surface area contributed by atoms with E-state index in [0.717, 1.165) is 42.1 Å². The van der Waals surface area contributed by atoms with Crippen LogP contribution in [-0.4, -0.2) is 40.8 Å². The summed E-state index contributed by atoms with van der Waals surface area (Å²) in [5.41, 5.74) is 3.87. The lowest BCUT2D eigenvalue weighted by atomic mass is 10.1. The van der Waals surface area contributed by atoms with Gasteiger partial charge in [0.25, 0.3) is 0 Å². The molecule has 7 heteroatoms. The van der Waals surface area contributed by atoms with Crippen LogP contribution in [0.1, 0.15) is 17.8 Å². The van der Waals surface area contributed by atoms with Crippen molar-refractivity contribution in [3.63, 3.8) is 0 Å². The minimum absolute atomic E-state index is 0.186. The highest BCUT2D eigenvalue weighted by Crippen LogP contribution is 2.24. The molecule has 29 heavy (non-hydrogen) atoms. The molecule has 0 spiro atoms. The molecule has 1 fully saturated rings. The number of para-hydroxylation sites is 1. The number of hydrogen-bond acceptors (Lipinski definition) is 4. The Balaban J connectivity index is 1.32. The van der Waals surface area contributed by atoms with Crippen LogP contribution in [0.25, 0.3) is 11.4 Å². The highest BCUT2D eigenvalue weighted by Gasteiger charge is 2.23. The average molecular weight is 390 g/mol. The summed E-state index contributed by atoms with van der Waals surface area (Å²) in [6, 6.07) is 16.1. The Morgan fingerprint density at radius 3 is 2.79 bits per heavy atom. The molecule has 150 valence electrons. The van der Waals surface area contributed by atoms with Crippen molar-refractivity contribution < 1.29 is 4.79 Å². The van der Waals surface area contributed by atoms with Crippen LogP contribution in [0.15, 0.2) is 48.5 Å². The van der Waals surface area contributed by atoms with Crippen molar-refractivity contribution in [3.8, 4) is 11.4 Å². The van der Waals surface area contributed by atoms with Crippen LogP contribution in [0.4, 0.5) is 16.2 Å². The number of hydrogen-bond donors (Lipinski definition) is 3. The molecular weight excluding hydrogens is 364 g/mol. The number of carbonyl (C=O) groups excluding carboxylic acids is 1. The number of aromatic nitrogens is 3. The zero-order chi connectivity index (χ0) is 20.2. The predicted octanol–water partition coefficient (Wildman–Crippen LogP) is 3.74. The number of aromatic amines is 1. The lowest BCUT2D eigenvalue weighted by Crippen LogP contribution is -2.34. The van der Waals surface area contributed by atoms with Gasteiger partial charge in [0, 0.05) is 36.6 Å². The lowest BCUT2D eigenvalue weighted by molar-refractivity contribution is 0.250. The standard InChI is InChI=1S/C22H26N6O/c1-15-8-9-18(21-24-16(2)26-27-21)12-20(15)25-22(29)23-13-17-10-11-28(14-17)19-6-4-3-5-7-19/h3-9,12,17H,10-11,13-14H2,1-2H3,(H2,23,25,29)(H,24,26,27). The van der Waals surface area contributed by atoms with Crippen LogP contribution in [0, 0.1) is 19.8 Å². The minimum Gasteiger partial charge on any atom is -0.371 e. The van der Waals surface area contributed by atoms with Gasteiger partial charge < -0.3 is 15.5 Å². The second kappa shape index (κ2) is 8.34. The summed E-state index contributed by atoms with van der Waals surface area (Å²) in [6.45, 7) is 6.47. The van der Waals surface area contributed by atoms with Gasteiger partial charge in [-0.25, -0.2) is 9.78 Å². The molecule has 0 bridgehead atoms. The van der Waals surface area contributed by atoms with Crippen LogP contribution < -0.4 is 15.5 Å². The van der Waals surface area contributed by atoms with Crippen molar-refractivity contribution in [1.82, 2.24) is 20.5 Å². The number of aryl methyl sites for hydroxylation is 2. The van der Waals surface area contributed by atoms with E-state index in [1.807, 2.05) is 38.1 Å². The Bertz CT molecular complexity index is 984. The third-order valence-electron chi connectivity index (χ3n) is 5.30. The summed E-state index contributed by atoms with van der Waals surface area (Å²) in [5.74, 6) is 1.83. The molecule has 3 aromatic rings. The molecule has 3 N–H and O–H groups in total. The van der Waals surface area contributed by atoms with E-state index in [-0.39, 0.29) is 6.03 Å². The van der Waals surface area contributed by atoms with Crippen molar-refractivity contribution in [2.45, 2.75) is 20.3 Å². The molecule has 1 aromatic heterocycles. The molecule has 2 aromatic carbocycles. The van der Waals surface area contributed by atoms with E-state index in [1.165, 1.54) is 5.69 Å². The summed E-state index contributed by atoms with van der Waals surface area (Å²) >= 11 is 0. The molecule has 1 aliphatic heterocycles. The number of benzene rings is 2. The quantitative estimate of drug-likeness (QED) is 0.619. The third-order valence-corrected chi connectivity index (χ3v) is 5.30. The second-order valence-corrected chi connectivity index (χ2v) is 7.55. The summed E-state index contributed by atoms with van der Waals surface area (Å²) in [4.78, 5) is 19.2. The average Bonchev–Trinajstić information content (AvgIpc) is 3.38. The Kier molecular flexibility index (Phi) is 5.46. The first kappa shape index (κ1) is 19.0. The monoisotopic (exact) mass is 390 g/mol. The lowest BCUT2D eigenvalue weighted by Gasteiger charge is -2.19. The summed E-state index contributed by atoms with van der Waals surface area (Å²) < 4.78 is 0. The van der Waals surface area contributed by atoms with Gasteiger partial charge in [0.05, 0.1) is 0 Å². The van der Waals surface area contributed by atoms with Gasteiger partial charge >= 0.3 is 6.03 Å². The number of H-pyrrole nitrogens is 1. The summed E-state index contributed by atoms with van der Waals surface area (Å²) in [7, 11) is 0. The molecular formula is C22H26N6O.